The minimum Gasteiger partial charge on any atom is -0.347 e. The van der Waals surface area contributed by atoms with Gasteiger partial charge < -0.3 is 10.6 Å². The first-order valence-electron chi connectivity index (χ1n) is 9.68. The van der Waals surface area contributed by atoms with Crippen LogP contribution in [0.1, 0.15) is 36.8 Å². The van der Waals surface area contributed by atoms with E-state index in [1.165, 1.54) is 0 Å². The van der Waals surface area contributed by atoms with Gasteiger partial charge in [0.1, 0.15) is 6.54 Å². The van der Waals surface area contributed by atoms with Crippen LogP contribution in [0.15, 0.2) is 48.5 Å². The second kappa shape index (κ2) is 9.08. The van der Waals surface area contributed by atoms with Crippen molar-refractivity contribution in [3.05, 3.63) is 64.7 Å². The molecular weight excluding hydrogens is 417 g/mol. The number of carbonyl (C=O) groups excluding carboxylic acids is 2. The number of carbonyl (C=O) groups is 2. The van der Waals surface area contributed by atoms with Gasteiger partial charge in [0.2, 0.25) is 11.8 Å². The highest BCUT2D eigenvalue weighted by Gasteiger charge is 2.42. The van der Waals surface area contributed by atoms with Gasteiger partial charge in [-0.1, -0.05) is 48.7 Å². The zero-order valence-electron chi connectivity index (χ0n) is 16.2. The second-order valence-electron chi connectivity index (χ2n) is 7.52. The van der Waals surface area contributed by atoms with Crippen molar-refractivity contribution in [2.45, 2.75) is 43.7 Å². The van der Waals surface area contributed by atoms with Gasteiger partial charge in [0.05, 0.1) is 11.8 Å². The van der Waals surface area contributed by atoms with Crippen molar-refractivity contribution in [1.29, 1.82) is 0 Å². The summed E-state index contributed by atoms with van der Waals surface area (Å²) in [7, 11) is 0. The van der Waals surface area contributed by atoms with E-state index in [1.54, 1.807) is 36.4 Å². The van der Waals surface area contributed by atoms with Gasteiger partial charge in [0.25, 0.3) is 0 Å². The van der Waals surface area contributed by atoms with Crippen LogP contribution in [0, 0.1) is 0 Å². The van der Waals surface area contributed by atoms with Gasteiger partial charge >= 0.3 is 6.18 Å². The third-order valence-corrected chi connectivity index (χ3v) is 5.60. The summed E-state index contributed by atoms with van der Waals surface area (Å²) in [5.41, 5.74) is 1.45. The number of halogens is 4. The number of anilines is 1. The van der Waals surface area contributed by atoms with Gasteiger partial charge in [-0.25, -0.2) is 0 Å². The quantitative estimate of drug-likeness (QED) is 0.666. The Morgan fingerprint density at radius 2 is 1.57 bits per heavy atom. The lowest BCUT2D eigenvalue weighted by molar-refractivity contribution is -0.138. The monoisotopic (exact) mass is 438 g/mol. The molecule has 0 spiro atoms. The van der Waals surface area contributed by atoms with Crippen LogP contribution in [-0.2, 0) is 21.4 Å². The molecule has 1 fully saturated rings. The highest BCUT2D eigenvalue weighted by molar-refractivity contribution is 6.30. The lowest BCUT2D eigenvalue weighted by atomic mass is 9.78. The van der Waals surface area contributed by atoms with Crippen LogP contribution in [-0.4, -0.2) is 24.5 Å². The topological polar surface area (TPSA) is 58.2 Å². The van der Waals surface area contributed by atoms with Gasteiger partial charge in [0.15, 0.2) is 0 Å². The molecule has 0 bridgehead atoms. The highest BCUT2D eigenvalue weighted by Crippen LogP contribution is 2.42. The maximum Gasteiger partial charge on any atom is 0.405 e. The van der Waals surface area contributed by atoms with Gasteiger partial charge in [-0.05, 0) is 48.2 Å². The third-order valence-electron chi connectivity index (χ3n) is 5.35. The summed E-state index contributed by atoms with van der Waals surface area (Å²) in [5, 5.41) is 5.39. The van der Waals surface area contributed by atoms with Crippen molar-refractivity contribution in [3.63, 3.8) is 0 Å². The molecule has 1 saturated carbocycles. The lowest BCUT2D eigenvalue weighted by Gasteiger charge is -2.28. The van der Waals surface area contributed by atoms with E-state index in [-0.39, 0.29) is 12.3 Å². The Kier molecular flexibility index (Phi) is 6.71. The van der Waals surface area contributed by atoms with E-state index in [0.29, 0.717) is 16.3 Å². The first-order chi connectivity index (χ1) is 14.2. The summed E-state index contributed by atoms with van der Waals surface area (Å²) in [6, 6.07) is 13.9. The van der Waals surface area contributed by atoms with Crippen LogP contribution in [0.4, 0.5) is 18.9 Å². The summed E-state index contributed by atoms with van der Waals surface area (Å²) in [6.07, 6.45) is -1.19. The minimum atomic E-state index is -4.44. The summed E-state index contributed by atoms with van der Waals surface area (Å²) in [4.78, 5) is 24.8. The van der Waals surface area contributed by atoms with E-state index in [2.05, 4.69) is 5.32 Å². The molecule has 0 aliphatic heterocycles. The van der Waals surface area contributed by atoms with Gasteiger partial charge in [-0.3, -0.25) is 9.59 Å². The molecular formula is C22H22ClF3N2O2. The first kappa shape index (κ1) is 22.2. The summed E-state index contributed by atoms with van der Waals surface area (Å²) >= 11 is 5.98. The molecule has 0 saturated heterocycles. The Bertz CT molecular complexity index is 890. The van der Waals surface area contributed by atoms with Crippen LogP contribution < -0.4 is 10.6 Å². The predicted octanol–water partition coefficient (Wildman–Crippen LogP) is 5.01. The molecule has 2 N–H and O–H groups in total. The van der Waals surface area contributed by atoms with E-state index >= 15 is 0 Å². The van der Waals surface area contributed by atoms with Crippen LogP contribution in [0.2, 0.25) is 5.02 Å². The maximum absolute atomic E-state index is 13.1. The van der Waals surface area contributed by atoms with Gasteiger partial charge in [-0.15, -0.1) is 0 Å². The molecule has 0 aromatic heterocycles. The van der Waals surface area contributed by atoms with Crippen molar-refractivity contribution < 1.29 is 22.8 Å². The Balaban J connectivity index is 1.65. The molecule has 2 aromatic rings. The number of alkyl halides is 3. The SMILES string of the molecule is O=C(Cc1ccc(NC(=O)C2(c3ccc(Cl)cc3)CCCC2)cc1)NCC(F)(F)F. The van der Waals surface area contributed by atoms with Crippen LogP contribution in [0.5, 0.6) is 0 Å². The smallest absolute Gasteiger partial charge is 0.347 e. The molecule has 4 nitrogen and oxygen atoms in total. The molecule has 0 atom stereocenters. The Labute approximate surface area is 177 Å². The van der Waals surface area contributed by atoms with E-state index in [1.807, 2.05) is 17.4 Å². The third kappa shape index (κ3) is 5.53. The molecule has 30 heavy (non-hydrogen) atoms. The van der Waals surface area contributed by atoms with Gasteiger partial charge in [0, 0.05) is 10.7 Å². The Morgan fingerprint density at radius 1 is 0.967 bits per heavy atom. The average Bonchev–Trinajstić information content (AvgIpc) is 3.19. The molecule has 8 heteroatoms. The fraction of sp³-hybridized carbons (Fsp3) is 0.364. The van der Waals surface area contributed by atoms with Crippen LogP contribution in [0.3, 0.4) is 0 Å². The number of benzene rings is 2. The molecule has 2 amide bonds. The molecule has 1 aliphatic carbocycles. The lowest BCUT2D eigenvalue weighted by Crippen LogP contribution is -2.38. The second-order valence-corrected chi connectivity index (χ2v) is 7.95. The largest absolute Gasteiger partial charge is 0.405 e. The van der Waals surface area contributed by atoms with Crippen molar-refractivity contribution in [2.75, 3.05) is 11.9 Å². The van der Waals surface area contributed by atoms with Crippen molar-refractivity contribution >= 4 is 29.1 Å². The van der Waals surface area contributed by atoms with Crippen molar-refractivity contribution in [2.24, 2.45) is 0 Å². The number of hydrogen-bond acceptors (Lipinski definition) is 2. The standard InChI is InChI=1S/C22H22ClF3N2O2/c23-17-7-5-16(6-8-17)21(11-1-2-12-21)20(30)28-18-9-3-15(4-10-18)13-19(29)27-14-22(24,25)26/h3-10H,1-2,11-14H2,(H,27,29)(H,28,30). The van der Waals surface area contributed by atoms with Crippen LogP contribution in [0.25, 0.3) is 0 Å². The summed E-state index contributed by atoms with van der Waals surface area (Å²) in [5.74, 6) is -0.810. The van der Waals surface area contributed by atoms with E-state index in [0.717, 1.165) is 31.2 Å². The van der Waals surface area contributed by atoms with E-state index in [4.69, 9.17) is 11.6 Å². The van der Waals surface area contributed by atoms with Crippen molar-refractivity contribution in [3.8, 4) is 0 Å². The molecule has 2 aromatic carbocycles. The summed E-state index contributed by atoms with van der Waals surface area (Å²) in [6.45, 7) is -1.35. The number of amides is 2. The van der Waals surface area contributed by atoms with E-state index in [9.17, 15) is 22.8 Å². The predicted molar refractivity (Wildman–Crippen MR) is 109 cm³/mol. The zero-order valence-corrected chi connectivity index (χ0v) is 16.9. The van der Waals surface area contributed by atoms with E-state index < -0.39 is 24.0 Å². The number of hydrogen-bond donors (Lipinski definition) is 2. The minimum absolute atomic E-state index is 0.0991. The van der Waals surface area contributed by atoms with Crippen molar-refractivity contribution in [1.82, 2.24) is 5.32 Å². The zero-order chi connectivity index (χ0) is 21.8. The Hall–Kier alpha value is -2.54. The molecule has 0 heterocycles. The highest BCUT2D eigenvalue weighted by atomic mass is 35.5. The number of rotatable bonds is 6. The molecule has 1 aliphatic rings. The molecule has 0 radical (unpaired) electrons. The molecule has 0 unspecified atom stereocenters. The fourth-order valence-electron chi connectivity index (χ4n) is 3.80. The molecule has 160 valence electrons. The van der Waals surface area contributed by atoms with Gasteiger partial charge in [-0.2, -0.15) is 13.2 Å². The normalized spacial score (nSPS) is 15.6. The maximum atomic E-state index is 13.1. The average molecular weight is 439 g/mol. The summed E-state index contributed by atoms with van der Waals surface area (Å²) < 4.78 is 36.5. The number of nitrogens with one attached hydrogen (secondary N) is 2. The first-order valence-corrected chi connectivity index (χ1v) is 10.1. The molecule has 3 rings (SSSR count). The van der Waals surface area contributed by atoms with Crippen LogP contribution >= 0.6 is 11.6 Å². The Morgan fingerprint density at radius 3 is 2.13 bits per heavy atom. The fourth-order valence-corrected chi connectivity index (χ4v) is 3.92.